The molecule has 0 unspecified atom stereocenters. The zero-order chi connectivity index (χ0) is 18.4. The molecule has 1 aliphatic rings. The van der Waals surface area contributed by atoms with Gasteiger partial charge in [0.2, 0.25) is 5.91 Å². The van der Waals surface area contributed by atoms with Crippen molar-refractivity contribution in [1.82, 2.24) is 4.98 Å². The van der Waals surface area contributed by atoms with Gasteiger partial charge in [0.1, 0.15) is 11.6 Å². The second-order valence-electron chi connectivity index (χ2n) is 6.35. The third-order valence-electron chi connectivity index (χ3n) is 4.49. The van der Waals surface area contributed by atoms with Gasteiger partial charge in [-0.25, -0.2) is 4.98 Å². The van der Waals surface area contributed by atoms with Crippen molar-refractivity contribution in [1.29, 1.82) is 0 Å². The number of hydrogen-bond acceptors (Lipinski definition) is 5. The van der Waals surface area contributed by atoms with Gasteiger partial charge in [0.05, 0.1) is 20.3 Å². The van der Waals surface area contributed by atoms with E-state index in [-0.39, 0.29) is 5.91 Å². The van der Waals surface area contributed by atoms with Crippen molar-refractivity contribution >= 4 is 17.4 Å². The van der Waals surface area contributed by atoms with Gasteiger partial charge in [0, 0.05) is 31.4 Å². The van der Waals surface area contributed by atoms with Gasteiger partial charge in [-0.05, 0) is 54.8 Å². The van der Waals surface area contributed by atoms with Crippen LogP contribution in [0.5, 0.6) is 5.75 Å². The fourth-order valence-corrected chi connectivity index (χ4v) is 2.96. The molecule has 0 atom stereocenters. The number of benzene rings is 1. The molecule has 1 amide bonds. The molecule has 26 heavy (non-hydrogen) atoms. The Labute approximate surface area is 154 Å². The van der Waals surface area contributed by atoms with E-state index in [0.717, 1.165) is 54.7 Å². The average Bonchev–Trinajstić information content (AvgIpc) is 2.69. The van der Waals surface area contributed by atoms with Crippen molar-refractivity contribution in [2.75, 3.05) is 43.6 Å². The Morgan fingerprint density at radius 1 is 1.27 bits per heavy atom. The Hall–Kier alpha value is -2.60. The van der Waals surface area contributed by atoms with Crippen LogP contribution in [0, 0.1) is 6.92 Å². The van der Waals surface area contributed by atoms with Crippen LogP contribution in [0.15, 0.2) is 36.5 Å². The quantitative estimate of drug-likeness (QED) is 0.863. The summed E-state index contributed by atoms with van der Waals surface area (Å²) in [7, 11) is 1.63. The molecular formula is C20H25N3O3. The number of carbonyl (C=O) groups excluding carboxylic acids is 1. The highest BCUT2D eigenvalue weighted by Crippen LogP contribution is 2.21. The molecule has 0 aliphatic carbocycles. The number of methoxy groups -OCH3 is 1. The molecule has 3 rings (SSSR count). The number of nitrogens with one attached hydrogen (secondary N) is 1. The summed E-state index contributed by atoms with van der Waals surface area (Å²) < 4.78 is 10.6. The van der Waals surface area contributed by atoms with Crippen LogP contribution in [-0.2, 0) is 16.0 Å². The van der Waals surface area contributed by atoms with E-state index < -0.39 is 0 Å². The van der Waals surface area contributed by atoms with Crippen LogP contribution in [0.4, 0.5) is 11.5 Å². The summed E-state index contributed by atoms with van der Waals surface area (Å²) >= 11 is 0. The van der Waals surface area contributed by atoms with Crippen molar-refractivity contribution in [3.05, 3.63) is 47.7 Å². The van der Waals surface area contributed by atoms with Crippen molar-refractivity contribution in [3.63, 3.8) is 0 Å². The minimum atomic E-state index is 0.00278. The Morgan fingerprint density at radius 3 is 2.81 bits per heavy atom. The molecule has 138 valence electrons. The van der Waals surface area contributed by atoms with E-state index in [2.05, 4.69) is 21.3 Å². The van der Waals surface area contributed by atoms with Gasteiger partial charge in [-0.3, -0.25) is 4.79 Å². The number of morpholine rings is 1. The van der Waals surface area contributed by atoms with E-state index in [1.807, 2.05) is 37.4 Å². The lowest BCUT2D eigenvalue weighted by Crippen LogP contribution is -2.36. The second kappa shape index (κ2) is 8.67. The first-order valence-corrected chi connectivity index (χ1v) is 8.88. The predicted octanol–water partition coefficient (Wildman–Crippen LogP) is 2.81. The molecule has 6 nitrogen and oxygen atoms in total. The highest BCUT2D eigenvalue weighted by atomic mass is 16.5. The van der Waals surface area contributed by atoms with Crippen LogP contribution in [0.3, 0.4) is 0 Å². The number of pyridine rings is 1. The number of hydrogen-bond donors (Lipinski definition) is 1. The monoisotopic (exact) mass is 355 g/mol. The second-order valence-corrected chi connectivity index (χ2v) is 6.35. The van der Waals surface area contributed by atoms with Gasteiger partial charge >= 0.3 is 0 Å². The van der Waals surface area contributed by atoms with E-state index in [9.17, 15) is 4.79 Å². The van der Waals surface area contributed by atoms with Gasteiger partial charge in [-0.2, -0.15) is 0 Å². The lowest BCUT2D eigenvalue weighted by Gasteiger charge is -2.28. The van der Waals surface area contributed by atoms with Crippen LogP contribution >= 0.6 is 0 Å². The Bertz CT molecular complexity index is 758. The summed E-state index contributed by atoms with van der Waals surface area (Å²) in [5.74, 6) is 1.74. The molecule has 0 spiro atoms. The van der Waals surface area contributed by atoms with Gasteiger partial charge < -0.3 is 19.7 Å². The van der Waals surface area contributed by atoms with Gasteiger partial charge in [0.15, 0.2) is 0 Å². The Kier molecular flexibility index (Phi) is 6.07. The number of ether oxygens (including phenoxy) is 2. The topological polar surface area (TPSA) is 63.7 Å². The Balaban J connectivity index is 1.56. The van der Waals surface area contributed by atoms with Crippen LogP contribution in [0.25, 0.3) is 0 Å². The number of nitrogens with zero attached hydrogens (tertiary/aromatic N) is 2. The first-order chi connectivity index (χ1) is 12.7. The minimum Gasteiger partial charge on any atom is -0.497 e. The zero-order valence-corrected chi connectivity index (χ0v) is 15.3. The largest absolute Gasteiger partial charge is 0.497 e. The van der Waals surface area contributed by atoms with Crippen molar-refractivity contribution in [2.45, 2.75) is 19.8 Å². The molecule has 0 bridgehead atoms. The van der Waals surface area contributed by atoms with E-state index in [0.29, 0.717) is 12.8 Å². The fraction of sp³-hybridized carbons (Fsp3) is 0.400. The third kappa shape index (κ3) is 4.73. The number of aromatic nitrogens is 1. The average molecular weight is 355 g/mol. The molecule has 1 aromatic carbocycles. The van der Waals surface area contributed by atoms with E-state index in [1.54, 1.807) is 7.11 Å². The molecule has 2 heterocycles. The SMILES string of the molecule is COc1ccc(NC(=O)CCc2ccnc(N3CCOCC3)c2)c(C)c1. The highest BCUT2D eigenvalue weighted by molar-refractivity contribution is 5.91. The molecular weight excluding hydrogens is 330 g/mol. The molecule has 1 aromatic heterocycles. The fourth-order valence-electron chi connectivity index (χ4n) is 2.96. The maximum absolute atomic E-state index is 12.3. The maximum Gasteiger partial charge on any atom is 0.224 e. The summed E-state index contributed by atoms with van der Waals surface area (Å²) in [6.07, 6.45) is 2.92. The Morgan fingerprint density at radius 2 is 2.08 bits per heavy atom. The molecule has 1 aliphatic heterocycles. The van der Waals surface area contributed by atoms with Gasteiger partial charge in [-0.1, -0.05) is 0 Å². The van der Waals surface area contributed by atoms with Crippen LogP contribution in [-0.4, -0.2) is 44.3 Å². The first kappa shape index (κ1) is 18.2. The number of anilines is 2. The van der Waals surface area contributed by atoms with Crippen molar-refractivity contribution < 1.29 is 14.3 Å². The smallest absolute Gasteiger partial charge is 0.224 e. The number of rotatable bonds is 6. The lowest BCUT2D eigenvalue weighted by molar-refractivity contribution is -0.116. The van der Waals surface area contributed by atoms with E-state index >= 15 is 0 Å². The minimum absolute atomic E-state index is 0.00278. The van der Waals surface area contributed by atoms with Crippen LogP contribution in [0.1, 0.15) is 17.5 Å². The zero-order valence-electron chi connectivity index (χ0n) is 15.3. The standard InChI is InChI=1S/C20H25N3O3/c1-15-13-17(25-2)4-5-18(15)22-20(24)6-3-16-7-8-21-19(14-16)23-9-11-26-12-10-23/h4-5,7-8,13-14H,3,6,9-12H2,1-2H3,(H,22,24). The molecule has 2 aromatic rings. The van der Waals surface area contributed by atoms with Crippen molar-refractivity contribution in [2.24, 2.45) is 0 Å². The highest BCUT2D eigenvalue weighted by Gasteiger charge is 2.13. The summed E-state index contributed by atoms with van der Waals surface area (Å²) in [4.78, 5) is 19.0. The third-order valence-corrected chi connectivity index (χ3v) is 4.49. The number of amides is 1. The maximum atomic E-state index is 12.3. The van der Waals surface area contributed by atoms with Crippen LogP contribution < -0.4 is 15.0 Å². The number of carbonyl (C=O) groups is 1. The molecule has 0 radical (unpaired) electrons. The molecule has 1 saturated heterocycles. The molecule has 0 saturated carbocycles. The predicted molar refractivity (Wildman–Crippen MR) is 102 cm³/mol. The molecule has 1 fully saturated rings. The first-order valence-electron chi connectivity index (χ1n) is 8.88. The summed E-state index contributed by atoms with van der Waals surface area (Å²) in [5.41, 5.74) is 2.92. The molecule has 6 heteroatoms. The molecule has 1 N–H and O–H groups in total. The van der Waals surface area contributed by atoms with E-state index in [1.165, 1.54) is 0 Å². The summed E-state index contributed by atoms with van der Waals surface area (Å²) in [6.45, 7) is 5.13. The van der Waals surface area contributed by atoms with Crippen LogP contribution in [0.2, 0.25) is 0 Å². The normalized spacial score (nSPS) is 14.2. The summed E-state index contributed by atoms with van der Waals surface area (Å²) in [6, 6.07) is 9.66. The van der Waals surface area contributed by atoms with Gasteiger partial charge in [-0.15, -0.1) is 0 Å². The van der Waals surface area contributed by atoms with Crippen molar-refractivity contribution in [3.8, 4) is 5.75 Å². The van der Waals surface area contributed by atoms with Gasteiger partial charge in [0.25, 0.3) is 0 Å². The van der Waals surface area contributed by atoms with E-state index in [4.69, 9.17) is 9.47 Å². The lowest BCUT2D eigenvalue weighted by atomic mass is 10.1. The number of aryl methyl sites for hydroxylation is 2. The summed E-state index contributed by atoms with van der Waals surface area (Å²) in [5, 5.41) is 2.97.